The van der Waals surface area contributed by atoms with Crippen LogP contribution in [-0.4, -0.2) is 37.8 Å². The number of benzene rings is 2. The van der Waals surface area contributed by atoms with E-state index in [0.29, 0.717) is 34.6 Å². The standard InChI is InChI=1S/C20H21N3O3S/c1-3-23(20(25)15-8-6-7-14(11-15)13-27(2)26)12-18-21-17-10-5-4-9-16(17)19(24)22-18/h4-11H,3,12-13H2,1-2H3,(H,21,22,24). The number of nitrogens with one attached hydrogen (secondary N) is 1. The van der Waals surface area contributed by atoms with Crippen LogP contribution in [-0.2, 0) is 23.1 Å². The van der Waals surface area contributed by atoms with Crippen molar-refractivity contribution in [2.45, 2.75) is 19.2 Å². The summed E-state index contributed by atoms with van der Waals surface area (Å²) in [6.07, 6.45) is 1.63. The highest BCUT2D eigenvalue weighted by molar-refractivity contribution is 7.83. The van der Waals surface area contributed by atoms with E-state index in [1.165, 1.54) is 0 Å². The van der Waals surface area contributed by atoms with Gasteiger partial charge in [-0.25, -0.2) is 4.98 Å². The van der Waals surface area contributed by atoms with Gasteiger partial charge < -0.3 is 9.88 Å². The monoisotopic (exact) mass is 383 g/mol. The topological polar surface area (TPSA) is 83.1 Å². The molecule has 140 valence electrons. The lowest BCUT2D eigenvalue weighted by Crippen LogP contribution is -2.32. The Morgan fingerprint density at radius 2 is 1.96 bits per heavy atom. The van der Waals surface area contributed by atoms with E-state index in [2.05, 4.69) is 9.97 Å². The molecule has 3 aromatic rings. The first kappa shape index (κ1) is 19.0. The summed E-state index contributed by atoms with van der Waals surface area (Å²) < 4.78 is 11.4. The van der Waals surface area contributed by atoms with Crippen LogP contribution in [0, 0.1) is 0 Å². The Bertz CT molecular complexity index is 1060. The van der Waals surface area contributed by atoms with Gasteiger partial charge in [0.2, 0.25) is 0 Å². The van der Waals surface area contributed by atoms with Crippen LogP contribution in [0.15, 0.2) is 53.3 Å². The summed E-state index contributed by atoms with van der Waals surface area (Å²) in [5.74, 6) is 0.698. The molecule has 0 fully saturated rings. The fourth-order valence-electron chi connectivity index (χ4n) is 2.93. The number of H-pyrrole nitrogens is 1. The number of rotatable bonds is 6. The van der Waals surface area contributed by atoms with Crippen LogP contribution < -0.4 is 5.56 Å². The van der Waals surface area contributed by atoms with Crippen molar-refractivity contribution in [1.82, 2.24) is 14.9 Å². The number of carbonyl (C=O) groups excluding carboxylic acids is 1. The minimum Gasteiger partial charge on any atom is -0.331 e. The van der Waals surface area contributed by atoms with E-state index >= 15 is 0 Å². The van der Waals surface area contributed by atoms with E-state index < -0.39 is 10.8 Å². The molecular formula is C20H21N3O3S. The maximum atomic E-state index is 12.9. The lowest BCUT2D eigenvalue weighted by molar-refractivity contribution is 0.0748. The van der Waals surface area contributed by atoms with Gasteiger partial charge in [0.05, 0.1) is 17.4 Å². The normalized spacial score (nSPS) is 12.1. The summed E-state index contributed by atoms with van der Waals surface area (Å²) in [5, 5.41) is 0.524. The van der Waals surface area contributed by atoms with Crippen molar-refractivity contribution in [3.05, 3.63) is 75.8 Å². The van der Waals surface area contributed by atoms with E-state index in [1.54, 1.807) is 47.6 Å². The number of aromatic amines is 1. The van der Waals surface area contributed by atoms with Crippen molar-refractivity contribution in [2.24, 2.45) is 0 Å². The third-order valence-corrected chi connectivity index (χ3v) is 4.96. The molecule has 1 N–H and O–H groups in total. The Balaban J connectivity index is 1.86. The van der Waals surface area contributed by atoms with Crippen molar-refractivity contribution in [2.75, 3.05) is 12.8 Å². The number of hydrogen-bond donors (Lipinski definition) is 1. The van der Waals surface area contributed by atoms with Gasteiger partial charge in [0.25, 0.3) is 11.5 Å². The summed E-state index contributed by atoms with van der Waals surface area (Å²) in [5.41, 5.74) is 1.77. The molecule has 0 aliphatic rings. The maximum Gasteiger partial charge on any atom is 0.258 e. The number of nitrogens with zero attached hydrogens (tertiary/aromatic N) is 2. The lowest BCUT2D eigenvalue weighted by Gasteiger charge is -2.20. The number of carbonyl (C=O) groups is 1. The van der Waals surface area contributed by atoms with Gasteiger partial charge in [-0.1, -0.05) is 24.3 Å². The molecule has 3 rings (SSSR count). The van der Waals surface area contributed by atoms with Crippen molar-refractivity contribution in [1.29, 1.82) is 0 Å². The van der Waals surface area contributed by atoms with Crippen LogP contribution >= 0.6 is 0 Å². The van der Waals surface area contributed by atoms with Crippen molar-refractivity contribution in [3.63, 3.8) is 0 Å². The summed E-state index contributed by atoms with van der Waals surface area (Å²) >= 11 is 0. The largest absolute Gasteiger partial charge is 0.331 e. The van der Waals surface area contributed by atoms with Crippen molar-refractivity contribution < 1.29 is 9.00 Å². The SMILES string of the molecule is CCN(Cc1nc2ccccc2c(=O)[nH]1)C(=O)c1cccc(CS(C)=O)c1. The van der Waals surface area contributed by atoms with Crippen LogP contribution in [0.4, 0.5) is 0 Å². The average Bonchev–Trinajstić information content (AvgIpc) is 2.65. The van der Waals surface area contributed by atoms with Crippen LogP contribution in [0.1, 0.15) is 28.7 Å². The van der Waals surface area contributed by atoms with E-state index in [-0.39, 0.29) is 18.0 Å². The number of aromatic nitrogens is 2. The van der Waals surface area contributed by atoms with Gasteiger partial charge in [-0.05, 0) is 36.8 Å². The van der Waals surface area contributed by atoms with Gasteiger partial charge in [-0.2, -0.15) is 0 Å². The van der Waals surface area contributed by atoms with E-state index in [1.807, 2.05) is 19.1 Å². The predicted molar refractivity (Wildman–Crippen MR) is 107 cm³/mol. The third kappa shape index (κ3) is 4.49. The van der Waals surface area contributed by atoms with Gasteiger partial charge in [-0.15, -0.1) is 0 Å². The summed E-state index contributed by atoms with van der Waals surface area (Å²) in [4.78, 5) is 34.0. The molecule has 0 aliphatic carbocycles. The predicted octanol–water partition coefficient (Wildman–Crippen LogP) is 2.46. The highest BCUT2D eigenvalue weighted by Gasteiger charge is 2.17. The molecular weight excluding hydrogens is 362 g/mol. The molecule has 1 amide bonds. The zero-order valence-corrected chi connectivity index (χ0v) is 16.1. The molecule has 0 spiro atoms. The molecule has 1 heterocycles. The zero-order valence-electron chi connectivity index (χ0n) is 15.3. The fourth-order valence-corrected chi connectivity index (χ4v) is 3.58. The Morgan fingerprint density at radius 1 is 1.19 bits per heavy atom. The lowest BCUT2D eigenvalue weighted by atomic mass is 10.1. The molecule has 1 unspecified atom stereocenters. The molecule has 1 atom stereocenters. The third-order valence-electron chi connectivity index (χ3n) is 4.22. The molecule has 0 saturated carbocycles. The Morgan fingerprint density at radius 3 is 2.70 bits per heavy atom. The minimum atomic E-state index is -0.973. The quantitative estimate of drug-likeness (QED) is 0.709. The zero-order chi connectivity index (χ0) is 19.4. The van der Waals surface area contributed by atoms with Gasteiger partial charge in [0.15, 0.2) is 0 Å². The van der Waals surface area contributed by atoms with Crippen molar-refractivity contribution in [3.8, 4) is 0 Å². The highest BCUT2D eigenvalue weighted by Crippen LogP contribution is 2.13. The number of para-hydroxylation sites is 1. The molecule has 6 nitrogen and oxygen atoms in total. The first-order valence-corrected chi connectivity index (χ1v) is 10.4. The van der Waals surface area contributed by atoms with E-state index in [0.717, 1.165) is 5.56 Å². The first-order valence-electron chi connectivity index (χ1n) is 8.64. The second-order valence-electron chi connectivity index (χ2n) is 6.27. The summed E-state index contributed by atoms with van der Waals surface area (Å²) in [6, 6.07) is 14.3. The van der Waals surface area contributed by atoms with Gasteiger partial charge in [0, 0.05) is 34.9 Å². The van der Waals surface area contributed by atoms with Crippen LogP contribution in [0.3, 0.4) is 0 Å². The average molecular weight is 383 g/mol. The van der Waals surface area contributed by atoms with Crippen LogP contribution in [0.25, 0.3) is 10.9 Å². The summed E-state index contributed by atoms with van der Waals surface area (Å²) in [6.45, 7) is 2.56. The Hall–Kier alpha value is -2.80. The second-order valence-corrected chi connectivity index (χ2v) is 7.70. The smallest absolute Gasteiger partial charge is 0.258 e. The van der Waals surface area contributed by atoms with E-state index in [4.69, 9.17) is 0 Å². The van der Waals surface area contributed by atoms with Gasteiger partial charge >= 0.3 is 0 Å². The van der Waals surface area contributed by atoms with E-state index in [9.17, 15) is 13.8 Å². The van der Waals surface area contributed by atoms with Gasteiger partial charge in [0.1, 0.15) is 5.82 Å². The number of amides is 1. The molecule has 0 radical (unpaired) electrons. The molecule has 0 saturated heterocycles. The highest BCUT2D eigenvalue weighted by atomic mass is 32.2. The maximum absolute atomic E-state index is 12.9. The van der Waals surface area contributed by atoms with Crippen LogP contribution in [0.2, 0.25) is 0 Å². The Kier molecular flexibility index (Phi) is 5.81. The molecule has 0 bridgehead atoms. The number of hydrogen-bond acceptors (Lipinski definition) is 4. The van der Waals surface area contributed by atoms with Gasteiger partial charge in [-0.3, -0.25) is 13.8 Å². The Labute approximate surface area is 159 Å². The first-order chi connectivity index (χ1) is 13.0. The number of fused-ring (bicyclic) bond motifs is 1. The molecule has 0 aliphatic heterocycles. The van der Waals surface area contributed by atoms with Crippen LogP contribution in [0.5, 0.6) is 0 Å². The molecule has 1 aromatic heterocycles. The molecule has 7 heteroatoms. The second kappa shape index (κ2) is 8.26. The van der Waals surface area contributed by atoms with Crippen molar-refractivity contribution >= 4 is 27.6 Å². The molecule has 2 aromatic carbocycles. The fraction of sp³-hybridized carbons (Fsp3) is 0.250. The molecule has 27 heavy (non-hydrogen) atoms. The summed E-state index contributed by atoms with van der Waals surface area (Å²) in [7, 11) is -0.973. The minimum absolute atomic E-state index is 0.156.